The van der Waals surface area contributed by atoms with Gasteiger partial charge >= 0.3 is 0 Å². The Morgan fingerprint density at radius 2 is 1.69 bits per heavy atom. The Balaban J connectivity index is 1.91. The summed E-state index contributed by atoms with van der Waals surface area (Å²) in [5.74, 6) is 4.10. The van der Waals surface area contributed by atoms with Crippen molar-refractivity contribution in [3.05, 3.63) is 6.42 Å². The van der Waals surface area contributed by atoms with Gasteiger partial charge in [0.05, 0.1) is 0 Å². The molecular formula is C13H21. The first-order chi connectivity index (χ1) is 6.18. The minimum Gasteiger partial charge on any atom is -0.0622 e. The van der Waals surface area contributed by atoms with Crippen LogP contribution in [0.2, 0.25) is 0 Å². The second-order valence-electron chi connectivity index (χ2n) is 6.16. The van der Waals surface area contributed by atoms with E-state index in [2.05, 4.69) is 20.3 Å². The smallest absolute Gasteiger partial charge is 0.0235 e. The van der Waals surface area contributed by atoms with E-state index in [-0.39, 0.29) is 0 Å². The lowest BCUT2D eigenvalue weighted by Gasteiger charge is -2.58. The van der Waals surface area contributed by atoms with Gasteiger partial charge in [0, 0.05) is 0 Å². The topological polar surface area (TPSA) is 0 Å². The molecule has 0 aromatic heterocycles. The quantitative estimate of drug-likeness (QED) is 0.573. The van der Waals surface area contributed by atoms with Crippen LogP contribution in [0.5, 0.6) is 0 Å². The first-order valence-electron chi connectivity index (χ1n) is 6.04. The normalized spacial score (nSPS) is 53.3. The lowest BCUT2D eigenvalue weighted by Crippen LogP contribution is -2.48. The first kappa shape index (κ1) is 8.32. The molecule has 73 valence electrons. The molecule has 0 aromatic rings. The fraction of sp³-hybridized carbons (Fsp3) is 0.923. The molecule has 4 saturated carbocycles. The zero-order chi connectivity index (χ0) is 9.05. The molecule has 2 unspecified atom stereocenters. The van der Waals surface area contributed by atoms with Gasteiger partial charge in [0.2, 0.25) is 0 Å². The molecule has 0 saturated heterocycles. The Hall–Kier alpha value is 0. The summed E-state index contributed by atoms with van der Waals surface area (Å²) >= 11 is 0. The third kappa shape index (κ3) is 1.10. The molecule has 0 heteroatoms. The second kappa shape index (κ2) is 2.52. The van der Waals surface area contributed by atoms with Crippen LogP contribution in [0.15, 0.2) is 0 Å². The highest BCUT2D eigenvalue weighted by Gasteiger charge is 2.52. The molecule has 2 atom stereocenters. The zero-order valence-corrected chi connectivity index (χ0v) is 8.92. The molecule has 4 fully saturated rings. The molecule has 0 amide bonds. The molecule has 4 aliphatic carbocycles. The summed E-state index contributed by atoms with van der Waals surface area (Å²) < 4.78 is 0. The average molecular weight is 177 g/mol. The highest BCUT2D eigenvalue weighted by atomic mass is 14.6. The molecular weight excluding hydrogens is 156 g/mol. The average Bonchev–Trinajstić information content (AvgIpc) is 2.00. The van der Waals surface area contributed by atoms with Gasteiger partial charge in [0.1, 0.15) is 0 Å². The first-order valence-corrected chi connectivity index (χ1v) is 6.04. The predicted molar refractivity (Wildman–Crippen MR) is 55.1 cm³/mol. The number of hydrogen-bond donors (Lipinski definition) is 0. The molecule has 0 spiro atoms. The minimum absolute atomic E-state index is 0.675. The van der Waals surface area contributed by atoms with Gasteiger partial charge in [0.25, 0.3) is 0 Å². The Morgan fingerprint density at radius 3 is 2.15 bits per heavy atom. The van der Waals surface area contributed by atoms with Crippen LogP contribution in [0.1, 0.15) is 46.0 Å². The third-order valence-electron chi connectivity index (χ3n) is 4.99. The van der Waals surface area contributed by atoms with Crippen molar-refractivity contribution in [1.82, 2.24) is 0 Å². The van der Waals surface area contributed by atoms with Crippen LogP contribution in [0, 0.1) is 35.5 Å². The van der Waals surface area contributed by atoms with Gasteiger partial charge in [-0.25, -0.2) is 0 Å². The maximum absolute atomic E-state index is 2.75. The van der Waals surface area contributed by atoms with Crippen LogP contribution in [0.25, 0.3) is 0 Å². The molecule has 4 aliphatic rings. The van der Waals surface area contributed by atoms with E-state index in [0.717, 1.165) is 23.7 Å². The van der Waals surface area contributed by atoms with E-state index in [1.54, 1.807) is 6.42 Å². The minimum atomic E-state index is 0.675. The molecule has 13 heavy (non-hydrogen) atoms. The van der Waals surface area contributed by atoms with Crippen molar-refractivity contribution in [2.24, 2.45) is 29.1 Å². The largest absolute Gasteiger partial charge is 0.0622 e. The van der Waals surface area contributed by atoms with Crippen molar-refractivity contribution < 1.29 is 0 Å². The lowest BCUT2D eigenvalue weighted by molar-refractivity contribution is -0.0302. The van der Waals surface area contributed by atoms with Crippen molar-refractivity contribution in [3.63, 3.8) is 0 Å². The van der Waals surface area contributed by atoms with Crippen molar-refractivity contribution >= 4 is 0 Å². The van der Waals surface area contributed by atoms with Crippen molar-refractivity contribution in [2.45, 2.75) is 46.0 Å². The maximum Gasteiger partial charge on any atom is -0.0235 e. The fourth-order valence-corrected chi connectivity index (χ4v) is 4.51. The summed E-state index contributed by atoms with van der Waals surface area (Å²) in [7, 11) is 0. The van der Waals surface area contributed by atoms with E-state index in [0.29, 0.717) is 5.41 Å². The van der Waals surface area contributed by atoms with Gasteiger partial charge in [0.15, 0.2) is 0 Å². The molecule has 4 rings (SSSR count). The summed E-state index contributed by atoms with van der Waals surface area (Å²) in [6.45, 7) is 4.87. The van der Waals surface area contributed by atoms with E-state index in [9.17, 15) is 0 Å². The molecule has 0 aliphatic heterocycles. The standard InChI is InChI=1S/C13H21/c1-9(2)13-6-10-3-11(7-13)5-12(4-10)8-13/h6,9-12H,3-5,7-8H2,1-2H3. The van der Waals surface area contributed by atoms with Crippen LogP contribution in [0.3, 0.4) is 0 Å². The Morgan fingerprint density at radius 1 is 1.08 bits per heavy atom. The molecule has 0 heterocycles. The van der Waals surface area contributed by atoms with E-state index in [4.69, 9.17) is 0 Å². The van der Waals surface area contributed by atoms with Gasteiger partial charge in [-0.05, 0) is 67.6 Å². The van der Waals surface area contributed by atoms with Gasteiger partial charge in [-0.3, -0.25) is 0 Å². The van der Waals surface area contributed by atoms with Crippen LogP contribution < -0.4 is 0 Å². The molecule has 1 radical (unpaired) electrons. The van der Waals surface area contributed by atoms with Gasteiger partial charge in [-0.2, -0.15) is 0 Å². The lowest BCUT2D eigenvalue weighted by atomic mass is 9.47. The predicted octanol–water partition coefficient (Wildman–Crippen LogP) is 3.67. The van der Waals surface area contributed by atoms with E-state index in [1.807, 2.05) is 0 Å². The Labute approximate surface area is 82.1 Å². The van der Waals surface area contributed by atoms with Gasteiger partial charge in [-0.1, -0.05) is 13.8 Å². The molecule has 4 bridgehead atoms. The summed E-state index contributed by atoms with van der Waals surface area (Å²) in [6.07, 6.45) is 10.4. The van der Waals surface area contributed by atoms with Crippen molar-refractivity contribution in [3.8, 4) is 0 Å². The highest BCUT2D eigenvalue weighted by molar-refractivity contribution is 5.11. The van der Waals surface area contributed by atoms with Crippen LogP contribution in [-0.2, 0) is 0 Å². The van der Waals surface area contributed by atoms with Gasteiger partial charge < -0.3 is 0 Å². The fourth-order valence-electron chi connectivity index (χ4n) is 4.51. The zero-order valence-electron chi connectivity index (χ0n) is 8.92. The Bertz CT molecular complexity index is 179. The maximum atomic E-state index is 2.75. The summed E-state index contributed by atoms with van der Waals surface area (Å²) in [5, 5.41) is 0. The summed E-state index contributed by atoms with van der Waals surface area (Å²) in [4.78, 5) is 0. The third-order valence-corrected chi connectivity index (χ3v) is 4.99. The molecule has 0 aromatic carbocycles. The Kier molecular flexibility index (Phi) is 1.61. The number of rotatable bonds is 1. The van der Waals surface area contributed by atoms with Gasteiger partial charge in [-0.15, -0.1) is 0 Å². The van der Waals surface area contributed by atoms with E-state index >= 15 is 0 Å². The molecule has 0 N–H and O–H groups in total. The van der Waals surface area contributed by atoms with Crippen molar-refractivity contribution in [2.75, 3.05) is 0 Å². The molecule has 0 nitrogen and oxygen atoms in total. The number of hydrogen-bond acceptors (Lipinski definition) is 0. The van der Waals surface area contributed by atoms with Crippen molar-refractivity contribution in [1.29, 1.82) is 0 Å². The second-order valence-corrected chi connectivity index (χ2v) is 6.16. The highest BCUT2D eigenvalue weighted by Crippen LogP contribution is 2.61. The summed E-state index contributed by atoms with van der Waals surface area (Å²) in [6, 6.07) is 0. The summed E-state index contributed by atoms with van der Waals surface area (Å²) in [5.41, 5.74) is 0.675. The van der Waals surface area contributed by atoms with E-state index in [1.165, 1.54) is 25.7 Å². The SMILES string of the molecule is CC(C)C12[CH]C3CC(CC(C3)C1)C2. The van der Waals surface area contributed by atoms with E-state index < -0.39 is 0 Å². The van der Waals surface area contributed by atoms with Crippen LogP contribution in [-0.4, -0.2) is 0 Å². The monoisotopic (exact) mass is 177 g/mol. The van der Waals surface area contributed by atoms with Crippen LogP contribution >= 0.6 is 0 Å². The van der Waals surface area contributed by atoms with Crippen LogP contribution in [0.4, 0.5) is 0 Å².